The van der Waals surface area contributed by atoms with Crippen LogP contribution in [0.2, 0.25) is 0 Å². The smallest absolute Gasteiger partial charge is 0.303 e. The zero-order valence-electron chi connectivity index (χ0n) is 22.9. The summed E-state index contributed by atoms with van der Waals surface area (Å²) in [5.74, 6) is 0.658. The standard InChI is InChI=1S/C30H42N6O3/c37-26(38)15-8-3-1-2-5-11-22-16-18-24(19-17-22)33-30-34-28(32-23-12-6-4-7-13-23)27-29(35-30)36(21-31-27)25-14-9-10-20-39-25/h16-19,21,23,25H,1-15,20H2,(H,37,38)(H2,32,33,34,35). The molecule has 2 aromatic heterocycles. The van der Waals surface area contributed by atoms with Gasteiger partial charge >= 0.3 is 5.97 Å². The van der Waals surface area contributed by atoms with E-state index in [9.17, 15) is 4.79 Å². The minimum absolute atomic E-state index is 0.0366. The van der Waals surface area contributed by atoms with Crippen molar-refractivity contribution in [3.63, 3.8) is 0 Å². The van der Waals surface area contributed by atoms with Crippen LogP contribution in [0.4, 0.5) is 17.5 Å². The van der Waals surface area contributed by atoms with E-state index in [1.807, 2.05) is 6.33 Å². The van der Waals surface area contributed by atoms with E-state index in [2.05, 4.69) is 39.5 Å². The Kier molecular flexibility index (Phi) is 9.64. The number of carbonyl (C=O) groups is 1. The SMILES string of the molecule is O=C(O)CCCCCCCc1ccc(Nc2nc(NC3CCCCC3)c3ncn(C4CCCCO4)c3n2)cc1. The molecule has 1 aliphatic heterocycles. The fraction of sp³-hybridized carbons (Fsp3) is 0.600. The van der Waals surface area contributed by atoms with E-state index >= 15 is 0 Å². The van der Waals surface area contributed by atoms with Crippen molar-refractivity contribution >= 4 is 34.6 Å². The topological polar surface area (TPSA) is 114 Å². The Labute approximate surface area is 230 Å². The first-order chi connectivity index (χ1) is 19.2. The maximum absolute atomic E-state index is 10.6. The molecule has 2 aliphatic rings. The van der Waals surface area contributed by atoms with Gasteiger partial charge in [0.25, 0.3) is 0 Å². The molecular formula is C30H42N6O3. The Morgan fingerprint density at radius 3 is 2.49 bits per heavy atom. The summed E-state index contributed by atoms with van der Waals surface area (Å²) in [6, 6.07) is 8.91. The van der Waals surface area contributed by atoms with Crippen LogP contribution in [0.15, 0.2) is 30.6 Å². The summed E-state index contributed by atoms with van der Waals surface area (Å²) in [6.07, 6.45) is 17.5. The van der Waals surface area contributed by atoms with Crippen molar-refractivity contribution in [3.05, 3.63) is 36.2 Å². The molecule has 9 heteroatoms. The number of hydrogen-bond acceptors (Lipinski definition) is 7. The van der Waals surface area contributed by atoms with Crippen LogP contribution < -0.4 is 10.6 Å². The van der Waals surface area contributed by atoms with Crippen molar-refractivity contribution in [3.8, 4) is 0 Å². The fourth-order valence-electron chi connectivity index (χ4n) is 5.69. The number of unbranched alkanes of at least 4 members (excludes halogenated alkanes) is 4. The lowest BCUT2D eigenvalue weighted by Crippen LogP contribution is -2.23. The quantitative estimate of drug-likeness (QED) is 0.201. The number of imidazole rings is 1. The van der Waals surface area contributed by atoms with Crippen LogP contribution in [-0.4, -0.2) is 43.2 Å². The molecule has 3 heterocycles. The molecule has 1 aliphatic carbocycles. The summed E-state index contributed by atoms with van der Waals surface area (Å²) < 4.78 is 8.13. The number of ether oxygens (including phenoxy) is 1. The summed E-state index contributed by atoms with van der Waals surface area (Å²) in [4.78, 5) is 25.1. The number of fused-ring (bicyclic) bond motifs is 1. The summed E-state index contributed by atoms with van der Waals surface area (Å²) in [7, 11) is 0. The summed E-state index contributed by atoms with van der Waals surface area (Å²) >= 11 is 0. The van der Waals surface area contributed by atoms with Gasteiger partial charge in [-0.3, -0.25) is 9.36 Å². The average Bonchev–Trinajstić information content (AvgIpc) is 3.39. The van der Waals surface area contributed by atoms with Gasteiger partial charge in [-0.1, -0.05) is 50.7 Å². The highest BCUT2D eigenvalue weighted by Crippen LogP contribution is 2.31. The number of anilines is 3. The highest BCUT2D eigenvalue weighted by molar-refractivity contribution is 5.85. The molecule has 210 valence electrons. The average molecular weight is 535 g/mol. The molecule has 3 aromatic rings. The van der Waals surface area contributed by atoms with E-state index in [0.29, 0.717) is 12.0 Å². The van der Waals surface area contributed by atoms with E-state index in [-0.39, 0.29) is 12.6 Å². The molecule has 3 N–H and O–H groups in total. The Morgan fingerprint density at radius 1 is 0.949 bits per heavy atom. The van der Waals surface area contributed by atoms with Crippen molar-refractivity contribution in [1.29, 1.82) is 0 Å². The molecule has 2 fully saturated rings. The number of rotatable bonds is 13. The number of aromatic nitrogens is 4. The highest BCUT2D eigenvalue weighted by Gasteiger charge is 2.23. The van der Waals surface area contributed by atoms with Crippen LogP contribution in [0, 0.1) is 0 Å². The van der Waals surface area contributed by atoms with Crippen molar-refractivity contribution < 1.29 is 14.6 Å². The van der Waals surface area contributed by atoms with Gasteiger partial charge < -0.3 is 20.5 Å². The molecule has 1 saturated heterocycles. The van der Waals surface area contributed by atoms with Gasteiger partial charge in [0.05, 0.1) is 6.33 Å². The van der Waals surface area contributed by atoms with Crippen molar-refractivity contribution in [2.24, 2.45) is 0 Å². The maximum atomic E-state index is 10.6. The van der Waals surface area contributed by atoms with Crippen LogP contribution >= 0.6 is 0 Å². The van der Waals surface area contributed by atoms with Gasteiger partial charge in [0.2, 0.25) is 5.95 Å². The minimum atomic E-state index is -0.699. The van der Waals surface area contributed by atoms with Crippen LogP contribution in [-0.2, 0) is 16.0 Å². The van der Waals surface area contributed by atoms with Gasteiger partial charge in [-0.05, 0) is 69.1 Å². The Balaban J connectivity index is 1.25. The number of nitrogens with zero attached hydrogens (tertiary/aromatic N) is 4. The summed E-state index contributed by atoms with van der Waals surface area (Å²) in [5, 5.41) is 15.9. The minimum Gasteiger partial charge on any atom is -0.481 e. The lowest BCUT2D eigenvalue weighted by Gasteiger charge is -2.25. The molecule has 1 saturated carbocycles. The lowest BCUT2D eigenvalue weighted by molar-refractivity contribution is -0.137. The molecule has 0 bridgehead atoms. The number of aryl methyl sites for hydroxylation is 1. The second-order valence-electron chi connectivity index (χ2n) is 11.0. The molecule has 1 atom stereocenters. The Morgan fingerprint density at radius 2 is 1.72 bits per heavy atom. The van der Waals surface area contributed by atoms with Crippen LogP contribution in [0.1, 0.15) is 102 Å². The molecule has 1 aromatic carbocycles. The third-order valence-corrected chi connectivity index (χ3v) is 7.90. The zero-order valence-corrected chi connectivity index (χ0v) is 22.9. The van der Waals surface area contributed by atoms with Gasteiger partial charge in [0, 0.05) is 24.8 Å². The number of nitrogens with one attached hydrogen (secondary N) is 2. The van der Waals surface area contributed by atoms with Crippen LogP contribution in [0.3, 0.4) is 0 Å². The van der Waals surface area contributed by atoms with Crippen molar-refractivity contribution in [2.45, 2.75) is 109 Å². The molecule has 5 rings (SSSR count). The second-order valence-corrected chi connectivity index (χ2v) is 11.0. The number of benzene rings is 1. The normalized spacial score (nSPS) is 18.3. The zero-order chi connectivity index (χ0) is 26.9. The second kappa shape index (κ2) is 13.7. The van der Waals surface area contributed by atoms with E-state index in [1.165, 1.54) is 24.8 Å². The largest absolute Gasteiger partial charge is 0.481 e. The number of aliphatic carboxylic acids is 1. The highest BCUT2D eigenvalue weighted by atomic mass is 16.5. The molecular weight excluding hydrogens is 492 g/mol. The van der Waals surface area contributed by atoms with Gasteiger partial charge in [0.1, 0.15) is 6.23 Å². The van der Waals surface area contributed by atoms with Gasteiger partial charge in [-0.2, -0.15) is 9.97 Å². The van der Waals surface area contributed by atoms with E-state index in [4.69, 9.17) is 24.8 Å². The molecule has 0 spiro atoms. The molecule has 39 heavy (non-hydrogen) atoms. The van der Waals surface area contributed by atoms with Crippen LogP contribution in [0.25, 0.3) is 11.2 Å². The number of carboxylic acids is 1. The first-order valence-electron chi connectivity index (χ1n) is 14.9. The Bertz CT molecular complexity index is 1200. The maximum Gasteiger partial charge on any atom is 0.303 e. The van der Waals surface area contributed by atoms with E-state index in [1.54, 1.807) is 0 Å². The van der Waals surface area contributed by atoms with Crippen molar-refractivity contribution in [2.75, 3.05) is 17.2 Å². The molecule has 0 amide bonds. The first kappa shape index (κ1) is 27.4. The molecule has 1 unspecified atom stereocenters. The lowest BCUT2D eigenvalue weighted by atomic mass is 9.95. The number of hydrogen-bond donors (Lipinski definition) is 3. The third kappa shape index (κ3) is 7.68. The predicted octanol–water partition coefficient (Wildman–Crippen LogP) is 6.98. The van der Waals surface area contributed by atoms with E-state index < -0.39 is 5.97 Å². The van der Waals surface area contributed by atoms with E-state index in [0.717, 1.165) is 99.9 Å². The van der Waals surface area contributed by atoms with Gasteiger partial charge in [-0.15, -0.1) is 0 Å². The third-order valence-electron chi connectivity index (χ3n) is 7.90. The summed E-state index contributed by atoms with van der Waals surface area (Å²) in [5.41, 5.74) is 3.86. The number of carboxylic acid groups (broad SMARTS) is 1. The summed E-state index contributed by atoms with van der Waals surface area (Å²) in [6.45, 7) is 0.769. The fourth-order valence-corrected chi connectivity index (χ4v) is 5.69. The van der Waals surface area contributed by atoms with Gasteiger partial charge in [-0.25, -0.2) is 4.98 Å². The molecule has 0 radical (unpaired) electrons. The monoisotopic (exact) mass is 534 g/mol. The molecule has 9 nitrogen and oxygen atoms in total. The predicted molar refractivity (Wildman–Crippen MR) is 153 cm³/mol. The van der Waals surface area contributed by atoms with Crippen molar-refractivity contribution in [1.82, 2.24) is 19.5 Å². The van der Waals surface area contributed by atoms with Crippen LogP contribution in [0.5, 0.6) is 0 Å². The Hall–Kier alpha value is -3.20. The van der Waals surface area contributed by atoms with Gasteiger partial charge in [0.15, 0.2) is 17.0 Å². The first-order valence-corrected chi connectivity index (χ1v) is 14.9.